The number of nitriles is 1. The summed E-state index contributed by atoms with van der Waals surface area (Å²) in [6, 6.07) is 12.5. The van der Waals surface area contributed by atoms with E-state index in [1.54, 1.807) is 34.4 Å². The summed E-state index contributed by atoms with van der Waals surface area (Å²) in [5.74, 6) is 1.17. The summed E-state index contributed by atoms with van der Waals surface area (Å²) in [4.78, 5) is 19.6. The summed E-state index contributed by atoms with van der Waals surface area (Å²) in [7, 11) is 0. The first-order chi connectivity index (χ1) is 15.0. The van der Waals surface area contributed by atoms with E-state index in [9.17, 15) is 10.1 Å². The molecule has 0 fully saturated rings. The van der Waals surface area contributed by atoms with Gasteiger partial charge >= 0.3 is 0 Å². The fourth-order valence-corrected chi connectivity index (χ4v) is 7.41. The molecule has 0 radical (unpaired) electrons. The highest BCUT2D eigenvalue weighted by Crippen LogP contribution is 2.46. The van der Waals surface area contributed by atoms with E-state index < -0.39 is 5.92 Å². The van der Waals surface area contributed by atoms with Crippen molar-refractivity contribution < 1.29 is 9.53 Å². The van der Waals surface area contributed by atoms with Crippen molar-refractivity contribution in [3.8, 4) is 6.07 Å². The molecule has 1 aliphatic heterocycles. The molecular weight excluding hydrogens is 446 g/mol. The van der Waals surface area contributed by atoms with Crippen LogP contribution >= 0.6 is 34.4 Å². The fourth-order valence-electron chi connectivity index (χ4n) is 4.02. The number of carbonyl (C=O) groups is 1. The molecule has 2 N–H and O–H groups in total. The van der Waals surface area contributed by atoms with Crippen LogP contribution in [0.5, 0.6) is 0 Å². The Morgan fingerprint density at radius 1 is 1.32 bits per heavy atom. The summed E-state index contributed by atoms with van der Waals surface area (Å²) < 4.78 is 7.89. The molecule has 1 aliphatic carbocycles. The maximum Gasteiger partial charge on any atom is 0.205 e. The molecule has 0 amide bonds. The standard InChI is InChI=1S/C23H19N3O2S3/c1-12-13(11-29-23-26-15-5-2-3-8-18(15)31-23)9-19(30-12)20-14(10-24)22(25)28-17-7-4-6-16(27)21(17)20/h2-3,5,8-9,20H,4,6-7,11,25H2,1H3/t20-/m0/s1. The van der Waals surface area contributed by atoms with E-state index in [1.807, 2.05) is 18.2 Å². The number of ether oxygens (including phenoxy) is 1. The molecule has 2 aliphatic rings. The lowest BCUT2D eigenvalue weighted by Gasteiger charge is -2.30. The highest BCUT2D eigenvalue weighted by Gasteiger charge is 2.38. The number of Topliss-reactive ketones (excluding diaryl/α,β-unsaturated/α-hetero) is 1. The quantitative estimate of drug-likeness (QED) is 0.492. The predicted molar refractivity (Wildman–Crippen MR) is 125 cm³/mol. The molecule has 5 rings (SSSR count). The zero-order valence-electron chi connectivity index (χ0n) is 16.8. The Balaban J connectivity index is 1.45. The van der Waals surface area contributed by atoms with Crippen molar-refractivity contribution in [3.05, 3.63) is 68.4 Å². The van der Waals surface area contributed by atoms with Crippen molar-refractivity contribution in [1.29, 1.82) is 5.26 Å². The van der Waals surface area contributed by atoms with Gasteiger partial charge in [0.15, 0.2) is 10.1 Å². The smallest absolute Gasteiger partial charge is 0.205 e. The van der Waals surface area contributed by atoms with Crippen LogP contribution in [-0.2, 0) is 15.3 Å². The van der Waals surface area contributed by atoms with Crippen LogP contribution in [0.4, 0.5) is 0 Å². The molecule has 5 nitrogen and oxygen atoms in total. The summed E-state index contributed by atoms with van der Waals surface area (Å²) in [6.07, 6.45) is 1.93. The molecule has 8 heteroatoms. The monoisotopic (exact) mass is 465 g/mol. The third-order valence-electron chi connectivity index (χ3n) is 5.55. The minimum absolute atomic E-state index is 0.0583. The van der Waals surface area contributed by atoms with Gasteiger partial charge in [-0.2, -0.15) is 5.26 Å². The number of benzene rings is 1. The maximum absolute atomic E-state index is 12.8. The van der Waals surface area contributed by atoms with E-state index in [0.717, 1.165) is 26.9 Å². The van der Waals surface area contributed by atoms with Crippen molar-refractivity contribution >= 4 is 50.4 Å². The zero-order chi connectivity index (χ0) is 21.5. The Morgan fingerprint density at radius 2 is 2.16 bits per heavy atom. The molecule has 3 aromatic rings. The summed E-state index contributed by atoms with van der Waals surface area (Å²) >= 11 is 5.04. The highest BCUT2D eigenvalue weighted by atomic mass is 32.2. The number of hydrogen-bond acceptors (Lipinski definition) is 8. The largest absolute Gasteiger partial charge is 0.444 e. The van der Waals surface area contributed by atoms with Crippen LogP contribution in [0.2, 0.25) is 0 Å². The number of carbonyl (C=O) groups excluding carboxylic acids is 1. The lowest BCUT2D eigenvalue weighted by atomic mass is 9.80. The van der Waals surface area contributed by atoms with Crippen LogP contribution in [0.25, 0.3) is 10.2 Å². The number of aromatic nitrogens is 1. The first kappa shape index (κ1) is 20.3. The van der Waals surface area contributed by atoms with Crippen LogP contribution in [-0.4, -0.2) is 10.8 Å². The van der Waals surface area contributed by atoms with Gasteiger partial charge in [0, 0.05) is 33.9 Å². The first-order valence-electron chi connectivity index (χ1n) is 9.96. The van der Waals surface area contributed by atoms with Crippen molar-refractivity contribution in [2.75, 3.05) is 0 Å². The second-order valence-electron chi connectivity index (χ2n) is 7.50. The fraction of sp³-hybridized carbons (Fsp3) is 0.261. The molecule has 0 spiro atoms. The van der Waals surface area contributed by atoms with Gasteiger partial charge in [0.2, 0.25) is 5.88 Å². The Kier molecular flexibility index (Phi) is 5.34. The number of rotatable bonds is 4. The Morgan fingerprint density at radius 3 is 2.97 bits per heavy atom. The van der Waals surface area contributed by atoms with E-state index in [-0.39, 0.29) is 11.7 Å². The van der Waals surface area contributed by atoms with E-state index in [0.29, 0.717) is 29.7 Å². The van der Waals surface area contributed by atoms with Gasteiger partial charge in [-0.1, -0.05) is 23.9 Å². The van der Waals surface area contributed by atoms with Crippen LogP contribution in [0.15, 0.2) is 57.5 Å². The van der Waals surface area contributed by atoms with Crippen LogP contribution < -0.4 is 5.73 Å². The van der Waals surface area contributed by atoms with Gasteiger partial charge in [0.25, 0.3) is 0 Å². The molecule has 0 saturated carbocycles. The minimum Gasteiger partial charge on any atom is -0.444 e. The zero-order valence-corrected chi connectivity index (χ0v) is 19.3. The lowest BCUT2D eigenvalue weighted by molar-refractivity contribution is -0.116. The van der Waals surface area contributed by atoms with E-state index in [1.165, 1.54) is 15.1 Å². The molecule has 156 valence electrons. The molecule has 0 bridgehead atoms. The summed E-state index contributed by atoms with van der Waals surface area (Å²) in [5.41, 5.74) is 9.23. The maximum atomic E-state index is 12.8. The number of aryl methyl sites for hydroxylation is 1. The molecular formula is C23H19N3O2S3. The van der Waals surface area contributed by atoms with E-state index in [2.05, 4.69) is 25.1 Å². The number of para-hydroxylation sites is 1. The lowest BCUT2D eigenvalue weighted by Crippen LogP contribution is -2.27. The van der Waals surface area contributed by atoms with Gasteiger partial charge in [0.05, 0.1) is 16.1 Å². The van der Waals surface area contributed by atoms with Gasteiger partial charge < -0.3 is 10.5 Å². The first-order valence-corrected chi connectivity index (χ1v) is 12.6. The predicted octanol–water partition coefficient (Wildman–Crippen LogP) is 5.77. The number of thiazole rings is 1. The van der Waals surface area contributed by atoms with Crippen LogP contribution in [0.3, 0.4) is 0 Å². The SMILES string of the molecule is Cc1sc([C@@H]2C(C#N)=C(N)OC3=C2C(=O)CCC3)cc1CSc1nc2ccccc2s1. The average molecular weight is 466 g/mol. The van der Waals surface area contributed by atoms with Gasteiger partial charge in [0.1, 0.15) is 17.4 Å². The second kappa shape index (κ2) is 8.15. The van der Waals surface area contributed by atoms with Crippen molar-refractivity contribution in [2.45, 2.75) is 42.2 Å². The molecule has 0 saturated heterocycles. The number of nitrogens with zero attached hydrogens (tertiary/aromatic N) is 2. The number of thiophene rings is 1. The number of fused-ring (bicyclic) bond motifs is 1. The number of ketones is 1. The van der Waals surface area contributed by atoms with Crippen molar-refractivity contribution in [2.24, 2.45) is 5.73 Å². The molecule has 1 aromatic carbocycles. The number of allylic oxidation sites excluding steroid dienone is 3. The molecule has 1 atom stereocenters. The number of nitrogens with two attached hydrogens (primary N) is 1. The van der Waals surface area contributed by atoms with E-state index in [4.69, 9.17) is 15.5 Å². The normalized spacial score (nSPS) is 18.8. The van der Waals surface area contributed by atoms with Gasteiger partial charge in [-0.15, -0.1) is 22.7 Å². The topological polar surface area (TPSA) is 89.0 Å². The Labute approximate surface area is 192 Å². The van der Waals surface area contributed by atoms with Gasteiger partial charge in [-0.25, -0.2) is 4.98 Å². The molecule has 31 heavy (non-hydrogen) atoms. The summed E-state index contributed by atoms with van der Waals surface area (Å²) in [5, 5.41) is 9.76. The van der Waals surface area contributed by atoms with Gasteiger partial charge in [-0.3, -0.25) is 4.79 Å². The van der Waals surface area contributed by atoms with Crippen LogP contribution in [0.1, 0.15) is 40.5 Å². The minimum atomic E-state index is -0.425. The highest BCUT2D eigenvalue weighted by molar-refractivity contribution is 8.00. The number of hydrogen-bond donors (Lipinski definition) is 1. The molecule has 2 aromatic heterocycles. The number of thioether (sulfide) groups is 1. The third-order valence-corrected chi connectivity index (χ3v) is 8.94. The Bertz CT molecular complexity index is 1280. The van der Waals surface area contributed by atoms with Crippen molar-refractivity contribution in [1.82, 2.24) is 4.98 Å². The third kappa shape index (κ3) is 3.67. The Hall–Kier alpha value is -2.60. The van der Waals surface area contributed by atoms with Gasteiger partial charge in [-0.05, 0) is 37.1 Å². The van der Waals surface area contributed by atoms with Crippen molar-refractivity contribution in [3.63, 3.8) is 0 Å². The van der Waals surface area contributed by atoms with Crippen LogP contribution in [0, 0.1) is 18.3 Å². The molecule has 0 unspecified atom stereocenters. The average Bonchev–Trinajstić information content (AvgIpc) is 3.34. The molecule has 3 heterocycles. The summed E-state index contributed by atoms with van der Waals surface area (Å²) in [6.45, 7) is 2.08. The second-order valence-corrected chi connectivity index (χ2v) is 11.0. The van der Waals surface area contributed by atoms with E-state index >= 15 is 0 Å².